The third-order valence-corrected chi connectivity index (χ3v) is 4.53. The van der Waals surface area contributed by atoms with Gasteiger partial charge in [0.1, 0.15) is 0 Å². The van der Waals surface area contributed by atoms with E-state index in [0.717, 1.165) is 25.2 Å². The highest BCUT2D eigenvalue weighted by Crippen LogP contribution is 2.14. The number of carbonyl (C=O) groups is 2. The van der Waals surface area contributed by atoms with E-state index in [2.05, 4.69) is 29.2 Å². The molecule has 1 saturated heterocycles. The van der Waals surface area contributed by atoms with Crippen molar-refractivity contribution in [2.75, 3.05) is 26.2 Å². The molecule has 1 aromatic heterocycles. The largest absolute Gasteiger partial charge is 0.353 e. The lowest BCUT2D eigenvalue weighted by Gasteiger charge is -2.36. The van der Waals surface area contributed by atoms with Crippen LogP contribution in [0.3, 0.4) is 0 Å². The van der Waals surface area contributed by atoms with Gasteiger partial charge in [0.05, 0.1) is 18.7 Å². The Labute approximate surface area is 150 Å². The van der Waals surface area contributed by atoms with Crippen LogP contribution in [0.1, 0.15) is 39.7 Å². The zero-order valence-electron chi connectivity index (χ0n) is 15.9. The van der Waals surface area contributed by atoms with Gasteiger partial charge in [0.2, 0.25) is 11.8 Å². The van der Waals surface area contributed by atoms with E-state index in [-0.39, 0.29) is 24.3 Å². The molecule has 2 heterocycles. The van der Waals surface area contributed by atoms with Gasteiger partial charge in [0, 0.05) is 51.0 Å². The zero-order valence-corrected chi connectivity index (χ0v) is 15.9. The first-order valence-electron chi connectivity index (χ1n) is 9.25. The lowest BCUT2D eigenvalue weighted by Crippen LogP contribution is -2.57. The summed E-state index contributed by atoms with van der Waals surface area (Å²) in [6.45, 7) is 12.5. The van der Waals surface area contributed by atoms with E-state index >= 15 is 0 Å². The highest BCUT2D eigenvalue weighted by molar-refractivity contribution is 5.88. The lowest BCUT2D eigenvalue weighted by atomic mass is 10.1. The van der Waals surface area contributed by atoms with E-state index in [0.29, 0.717) is 25.6 Å². The molecular formula is C18H31N5O2. The molecule has 0 bridgehead atoms. The second-order valence-electron chi connectivity index (χ2n) is 7.01. The molecule has 1 N–H and O–H groups in total. The standard InChI is InChI=1S/C18H31N5O2/c1-5-21(12-15-10-20-23(6-2)13-15)17(24)9-16-18(25)19-7-8-22(16)11-14(3)4/h10,13-14,16H,5-9,11-12H2,1-4H3,(H,19,25)/t16-/m0/s1. The van der Waals surface area contributed by atoms with Gasteiger partial charge in [0.15, 0.2) is 0 Å². The van der Waals surface area contributed by atoms with Crippen LogP contribution in [0.5, 0.6) is 0 Å². The fourth-order valence-electron chi connectivity index (χ4n) is 3.22. The smallest absolute Gasteiger partial charge is 0.237 e. The molecule has 0 aliphatic carbocycles. The Balaban J connectivity index is 2.01. The number of amides is 2. The fraction of sp³-hybridized carbons (Fsp3) is 0.722. The second kappa shape index (κ2) is 8.99. The van der Waals surface area contributed by atoms with Crippen LogP contribution >= 0.6 is 0 Å². The minimum absolute atomic E-state index is 0.0163. The molecule has 0 unspecified atom stereocenters. The van der Waals surface area contributed by atoms with Gasteiger partial charge in [0.25, 0.3) is 0 Å². The number of hydrogen-bond acceptors (Lipinski definition) is 4. The maximum absolute atomic E-state index is 12.8. The fourth-order valence-corrected chi connectivity index (χ4v) is 3.22. The molecule has 7 heteroatoms. The van der Waals surface area contributed by atoms with Crippen LogP contribution in [0.15, 0.2) is 12.4 Å². The highest BCUT2D eigenvalue weighted by Gasteiger charge is 2.32. The van der Waals surface area contributed by atoms with Gasteiger partial charge in [-0.25, -0.2) is 0 Å². The zero-order chi connectivity index (χ0) is 18.4. The lowest BCUT2D eigenvalue weighted by molar-refractivity contribution is -0.139. The highest BCUT2D eigenvalue weighted by atomic mass is 16.2. The maximum Gasteiger partial charge on any atom is 0.237 e. The number of rotatable bonds is 8. The molecule has 1 aromatic rings. The summed E-state index contributed by atoms with van der Waals surface area (Å²) in [6, 6.07) is -0.365. The summed E-state index contributed by atoms with van der Waals surface area (Å²) in [7, 11) is 0. The summed E-state index contributed by atoms with van der Waals surface area (Å²) in [5.41, 5.74) is 1.02. The van der Waals surface area contributed by atoms with Crippen LogP contribution in [0.4, 0.5) is 0 Å². The third-order valence-electron chi connectivity index (χ3n) is 4.53. The van der Waals surface area contributed by atoms with Crippen molar-refractivity contribution in [2.45, 2.75) is 53.2 Å². The Morgan fingerprint density at radius 1 is 1.44 bits per heavy atom. The van der Waals surface area contributed by atoms with E-state index in [4.69, 9.17) is 0 Å². The van der Waals surface area contributed by atoms with Crippen molar-refractivity contribution >= 4 is 11.8 Å². The Morgan fingerprint density at radius 3 is 2.80 bits per heavy atom. The van der Waals surface area contributed by atoms with Gasteiger partial charge in [-0.3, -0.25) is 19.2 Å². The van der Waals surface area contributed by atoms with Crippen LogP contribution < -0.4 is 5.32 Å². The van der Waals surface area contributed by atoms with Crippen molar-refractivity contribution in [3.63, 3.8) is 0 Å². The van der Waals surface area contributed by atoms with E-state index in [1.807, 2.05) is 24.7 Å². The average molecular weight is 349 g/mol. The Bertz CT molecular complexity index is 584. The normalized spacial score (nSPS) is 18.4. The summed E-state index contributed by atoms with van der Waals surface area (Å²) >= 11 is 0. The van der Waals surface area contributed by atoms with Crippen LogP contribution in [0.25, 0.3) is 0 Å². The molecule has 140 valence electrons. The number of nitrogens with one attached hydrogen (secondary N) is 1. The van der Waals surface area contributed by atoms with E-state index in [1.54, 1.807) is 11.1 Å². The molecule has 0 radical (unpaired) electrons. The van der Waals surface area contributed by atoms with Gasteiger partial charge in [-0.2, -0.15) is 5.10 Å². The first-order chi connectivity index (χ1) is 11.9. The Kier molecular flexibility index (Phi) is 6.99. The first kappa shape index (κ1) is 19.4. The summed E-state index contributed by atoms with van der Waals surface area (Å²) in [5, 5.41) is 7.15. The molecule has 1 aliphatic heterocycles. The molecule has 2 amide bonds. The topological polar surface area (TPSA) is 70.5 Å². The Morgan fingerprint density at radius 2 is 2.20 bits per heavy atom. The third kappa shape index (κ3) is 5.29. The molecule has 2 rings (SSSR count). The van der Waals surface area contributed by atoms with Gasteiger partial charge in [-0.05, 0) is 19.8 Å². The number of piperazine rings is 1. The molecule has 7 nitrogen and oxygen atoms in total. The van der Waals surface area contributed by atoms with E-state index in [9.17, 15) is 9.59 Å². The molecule has 0 aromatic carbocycles. The maximum atomic E-state index is 12.8. The first-order valence-corrected chi connectivity index (χ1v) is 9.25. The van der Waals surface area contributed by atoms with E-state index in [1.165, 1.54) is 0 Å². The SMILES string of the molecule is CCN(Cc1cnn(CC)c1)C(=O)C[C@H]1C(=O)NCCN1CC(C)C. The van der Waals surface area contributed by atoms with Crippen LogP contribution in [-0.2, 0) is 22.7 Å². The van der Waals surface area contributed by atoms with E-state index < -0.39 is 0 Å². The molecule has 1 fully saturated rings. The molecule has 1 aliphatic rings. The summed E-state index contributed by atoms with van der Waals surface area (Å²) < 4.78 is 1.85. The average Bonchev–Trinajstić information content (AvgIpc) is 3.03. The van der Waals surface area contributed by atoms with Crippen molar-refractivity contribution in [2.24, 2.45) is 5.92 Å². The van der Waals surface area contributed by atoms with Crippen LogP contribution in [0.2, 0.25) is 0 Å². The molecule has 0 saturated carbocycles. The summed E-state index contributed by atoms with van der Waals surface area (Å²) in [6.07, 6.45) is 4.00. The predicted molar refractivity (Wildman–Crippen MR) is 96.8 cm³/mol. The molecular weight excluding hydrogens is 318 g/mol. The second-order valence-corrected chi connectivity index (χ2v) is 7.01. The Hall–Kier alpha value is -1.89. The number of hydrogen-bond donors (Lipinski definition) is 1. The van der Waals surface area contributed by atoms with Gasteiger partial charge in [-0.1, -0.05) is 13.8 Å². The molecule has 0 spiro atoms. The monoisotopic (exact) mass is 349 g/mol. The van der Waals surface area contributed by atoms with Crippen molar-refractivity contribution in [1.82, 2.24) is 24.9 Å². The summed E-state index contributed by atoms with van der Waals surface area (Å²) in [5.74, 6) is 0.448. The van der Waals surface area contributed by atoms with Crippen LogP contribution in [-0.4, -0.2) is 63.6 Å². The van der Waals surface area contributed by atoms with Gasteiger partial charge >= 0.3 is 0 Å². The summed E-state index contributed by atoms with van der Waals surface area (Å²) in [4.78, 5) is 29.0. The number of nitrogens with zero attached hydrogens (tertiary/aromatic N) is 4. The van der Waals surface area contributed by atoms with Crippen molar-refractivity contribution in [3.8, 4) is 0 Å². The number of aryl methyl sites for hydroxylation is 1. The predicted octanol–water partition coefficient (Wildman–Crippen LogP) is 1.10. The van der Waals surface area contributed by atoms with Crippen molar-refractivity contribution < 1.29 is 9.59 Å². The van der Waals surface area contributed by atoms with Crippen molar-refractivity contribution in [3.05, 3.63) is 18.0 Å². The number of aromatic nitrogens is 2. The number of carbonyl (C=O) groups excluding carboxylic acids is 2. The quantitative estimate of drug-likeness (QED) is 0.763. The van der Waals surface area contributed by atoms with Crippen molar-refractivity contribution in [1.29, 1.82) is 0 Å². The minimum atomic E-state index is -0.365. The van der Waals surface area contributed by atoms with Gasteiger partial charge in [-0.15, -0.1) is 0 Å². The van der Waals surface area contributed by atoms with Gasteiger partial charge < -0.3 is 10.2 Å². The minimum Gasteiger partial charge on any atom is -0.353 e. The molecule has 25 heavy (non-hydrogen) atoms. The molecule has 1 atom stereocenters. The van der Waals surface area contributed by atoms with Crippen LogP contribution in [0, 0.1) is 5.92 Å².